The summed E-state index contributed by atoms with van der Waals surface area (Å²) in [6, 6.07) is 0.571. The summed E-state index contributed by atoms with van der Waals surface area (Å²) in [5.41, 5.74) is -0.0607. The Morgan fingerprint density at radius 2 is 2.05 bits per heavy atom. The Bertz CT molecular complexity index is 307. The summed E-state index contributed by atoms with van der Waals surface area (Å²) in [5.74, 6) is 0.712. The number of likely N-dealkylation sites (N-methyl/N-ethyl adjacent to an activating group) is 1. The Hall–Kier alpha value is -0.410. The molecule has 110 valence electrons. The van der Waals surface area contributed by atoms with Crippen LogP contribution in [-0.2, 0) is 4.79 Å². The normalized spacial score (nSPS) is 38.9. The van der Waals surface area contributed by atoms with Gasteiger partial charge in [0, 0.05) is 24.5 Å². The molecule has 0 aromatic heterocycles. The predicted octanol–water partition coefficient (Wildman–Crippen LogP) is 2.41. The number of carbonyl (C=O) groups is 1. The van der Waals surface area contributed by atoms with E-state index in [1.165, 1.54) is 32.1 Å². The van der Waals surface area contributed by atoms with Crippen molar-refractivity contribution in [3.63, 3.8) is 0 Å². The summed E-state index contributed by atoms with van der Waals surface area (Å²) < 4.78 is 0. The quantitative estimate of drug-likeness (QED) is 0.733. The van der Waals surface area contributed by atoms with Crippen LogP contribution in [0.4, 0.5) is 0 Å². The van der Waals surface area contributed by atoms with Crippen LogP contribution in [0.5, 0.6) is 0 Å². The maximum absolute atomic E-state index is 11.7. The Kier molecular flexibility index (Phi) is 5.02. The predicted molar refractivity (Wildman–Crippen MR) is 79.3 cm³/mol. The molecule has 1 heterocycles. The van der Waals surface area contributed by atoms with E-state index >= 15 is 0 Å². The van der Waals surface area contributed by atoms with E-state index in [-0.39, 0.29) is 5.41 Å². The van der Waals surface area contributed by atoms with Crippen molar-refractivity contribution in [2.24, 2.45) is 11.3 Å². The van der Waals surface area contributed by atoms with Gasteiger partial charge in [0.2, 0.25) is 0 Å². The number of nitrogens with zero attached hydrogens (tertiary/aromatic N) is 2. The molecule has 1 aliphatic heterocycles. The van der Waals surface area contributed by atoms with Crippen LogP contribution in [0, 0.1) is 11.3 Å². The SMILES string of the molecule is CC1CCCC(C=O)(CN2CCCN(C)CC2C)C1. The molecule has 19 heavy (non-hydrogen) atoms. The van der Waals surface area contributed by atoms with Crippen LogP contribution in [0.1, 0.15) is 46.0 Å². The zero-order valence-corrected chi connectivity index (χ0v) is 12.9. The maximum Gasteiger partial charge on any atom is 0.127 e. The van der Waals surface area contributed by atoms with Gasteiger partial charge in [0.25, 0.3) is 0 Å². The fraction of sp³-hybridized carbons (Fsp3) is 0.938. The van der Waals surface area contributed by atoms with Crippen molar-refractivity contribution in [3.8, 4) is 0 Å². The van der Waals surface area contributed by atoms with Gasteiger partial charge in [-0.15, -0.1) is 0 Å². The second-order valence-electron chi connectivity index (χ2n) is 7.12. The average Bonchev–Trinajstić information content (AvgIpc) is 2.51. The number of carbonyl (C=O) groups excluding carboxylic acids is 1. The van der Waals surface area contributed by atoms with Crippen LogP contribution in [0.15, 0.2) is 0 Å². The van der Waals surface area contributed by atoms with E-state index in [0.717, 1.165) is 32.5 Å². The van der Waals surface area contributed by atoms with Crippen molar-refractivity contribution in [3.05, 3.63) is 0 Å². The molecule has 0 radical (unpaired) electrons. The summed E-state index contributed by atoms with van der Waals surface area (Å²) in [5, 5.41) is 0. The molecule has 2 rings (SSSR count). The first kappa shape index (κ1) is 15.0. The van der Waals surface area contributed by atoms with E-state index in [9.17, 15) is 4.79 Å². The van der Waals surface area contributed by atoms with Crippen LogP contribution in [0.2, 0.25) is 0 Å². The average molecular weight is 266 g/mol. The molecule has 2 fully saturated rings. The fourth-order valence-electron chi connectivity index (χ4n) is 4.05. The molecule has 3 nitrogen and oxygen atoms in total. The Morgan fingerprint density at radius 3 is 2.74 bits per heavy atom. The van der Waals surface area contributed by atoms with Crippen LogP contribution in [0.3, 0.4) is 0 Å². The van der Waals surface area contributed by atoms with Crippen LogP contribution in [-0.4, -0.2) is 55.4 Å². The highest BCUT2D eigenvalue weighted by atomic mass is 16.1. The third kappa shape index (κ3) is 3.79. The summed E-state index contributed by atoms with van der Waals surface area (Å²) in [4.78, 5) is 16.7. The van der Waals surface area contributed by atoms with Crippen LogP contribution < -0.4 is 0 Å². The second-order valence-corrected chi connectivity index (χ2v) is 7.12. The standard InChI is InChI=1S/C16H30N2O/c1-14-6-4-7-16(10-14,13-19)12-18-9-5-8-17(3)11-15(18)2/h13-15H,4-12H2,1-3H3. The minimum atomic E-state index is -0.0607. The first-order chi connectivity index (χ1) is 9.04. The maximum atomic E-state index is 11.7. The van der Waals surface area contributed by atoms with Gasteiger partial charge in [-0.05, 0) is 52.2 Å². The lowest BCUT2D eigenvalue weighted by atomic mass is 9.70. The van der Waals surface area contributed by atoms with Crippen molar-refractivity contribution >= 4 is 6.29 Å². The van der Waals surface area contributed by atoms with E-state index in [0.29, 0.717) is 12.0 Å². The first-order valence-corrected chi connectivity index (χ1v) is 7.93. The molecular weight excluding hydrogens is 236 g/mol. The lowest BCUT2D eigenvalue weighted by molar-refractivity contribution is -0.120. The number of aldehydes is 1. The number of rotatable bonds is 3. The largest absolute Gasteiger partial charge is 0.305 e. The van der Waals surface area contributed by atoms with Gasteiger partial charge in [-0.2, -0.15) is 0 Å². The molecular formula is C16H30N2O. The van der Waals surface area contributed by atoms with Crippen LogP contribution >= 0.6 is 0 Å². The molecule has 3 atom stereocenters. The number of hydrogen-bond donors (Lipinski definition) is 0. The highest BCUT2D eigenvalue weighted by molar-refractivity contribution is 5.60. The molecule has 0 N–H and O–H groups in total. The molecule has 3 unspecified atom stereocenters. The van der Waals surface area contributed by atoms with Crippen molar-refractivity contribution in [1.82, 2.24) is 9.80 Å². The lowest BCUT2D eigenvalue weighted by Gasteiger charge is -2.41. The fourth-order valence-corrected chi connectivity index (χ4v) is 4.05. The molecule has 0 aromatic rings. The van der Waals surface area contributed by atoms with E-state index < -0.39 is 0 Å². The molecule has 1 aliphatic carbocycles. The monoisotopic (exact) mass is 266 g/mol. The van der Waals surface area contributed by atoms with Gasteiger partial charge in [0.15, 0.2) is 0 Å². The second kappa shape index (κ2) is 6.36. The Labute approximate surface area is 118 Å². The topological polar surface area (TPSA) is 23.6 Å². The summed E-state index contributed by atoms with van der Waals surface area (Å²) in [6.07, 6.45) is 7.22. The summed E-state index contributed by atoms with van der Waals surface area (Å²) in [6.45, 7) is 9.06. The smallest absolute Gasteiger partial charge is 0.127 e. The van der Waals surface area contributed by atoms with Gasteiger partial charge in [-0.25, -0.2) is 0 Å². The third-order valence-corrected chi connectivity index (χ3v) is 5.08. The molecule has 3 heteroatoms. The lowest BCUT2D eigenvalue weighted by Crippen LogP contribution is -2.47. The summed E-state index contributed by atoms with van der Waals surface area (Å²) >= 11 is 0. The van der Waals surface area contributed by atoms with E-state index in [1.807, 2.05) is 0 Å². The highest BCUT2D eigenvalue weighted by Gasteiger charge is 2.37. The van der Waals surface area contributed by atoms with Gasteiger partial charge in [-0.1, -0.05) is 19.8 Å². The summed E-state index contributed by atoms with van der Waals surface area (Å²) in [7, 11) is 2.21. The van der Waals surface area contributed by atoms with Gasteiger partial charge in [-0.3, -0.25) is 4.90 Å². The van der Waals surface area contributed by atoms with E-state index in [2.05, 4.69) is 30.7 Å². The third-order valence-electron chi connectivity index (χ3n) is 5.08. The van der Waals surface area contributed by atoms with E-state index in [4.69, 9.17) is 0 Å². The zero-order valence-electron chi connectivity index (χ0n) is 12.9. The van der Waals surface area contributed by atoms with Gasteiger partial charge >= 0.3 is 0 Å². The number of hydrogen-bond acceptors (Lipinski definition) is 3. The first-order valence-electron chi connectivity index (χ1n) is 7.93. The molecule has 1 saturated heterocycles. The van der Waals surface area contributed by atoms with Crippen LogP contribution in [0.25, 0.3) is 0 Å². The molecule has 0 amide bonds. The van der Waals surface area contributed by atoms with Gasteiger partial charge in [0.1, 0.15) is 6.29 Å². The van der Waals surface area contributed by atoms with Crippen molar-refractivity contribution in [2.75, 3.05) is 33.2 Å². The zero-order chi connectivity index (χ0) is 13.9. The minimum absolute atomic E-state index is 0.0607. The molecule has 1 saturated carbocycles. The van der Waals surface area contributed by atoms with Gasteiger partial charge in [0.05, 0.1) is 0 Å². The molecule has 0 bridgehead atoms. The van der Waals surface area contributed by atoms with Crippen molar-refractivity contribution < 1.29 is 4.79 Å². The Balaban J connectivity index is 2.02. The highest BCUT2D eigenvalue weighted by Crippen LogP contribution is 2.38. The van der Waals surface area contributed by atoms with Crippen molar-refractivity contribution in [2.45, 2.75) is 52.0 Å². The Morgan fingerprint density at radius 1 is 1.26 bits per heavy atom. The molecule has 0 aromatic carbocycles. The van der Waals surface area contributed by atoms with Crippen molar-refractivity contribution in [1.29, 1.82) is 0 Å². The van der Waals surface area contributed by atoms with E-state index in [1.54, 1.807) is 0 Å². The molecule has 0 spiro atoms. The molecule has 2 aliphatic rings. The minimum Gasteiger partial charge on any atom is -0.305 e. The van der Waals surface area contributed by atoms with Gasteiger partial charge < -0.3 is 9.69 Å².